The first-order valence-electron chi connectivity index (χ1n) is 6.24. The zero-order chi connectivity index (χ0) is 16.4. The standard InChI is InChI=1S/C13H13F3N2O2S2/c1-9-17-12(8-21-9)10-3-2-4-11(7-10)18-22(19,20)6-5-13(14,15)16/h2-4,7-8,18H,5-6H2,1H3. The van der Waals surface area contributed by atoms with Crippen LogP contribution in [0.3, 0.4) is 0 Å². The number of nitrogens with zero attached hydrogens (tertiary/aromatic N) is 1. The molecule has 0 spiro atoms. The highest BCUT2D eigenvalue weighted by Crippen LogP contribution is 2.25. The van der Waals surface area contributed by atoms with Gasteiger partial charge in [-0.2, -0.15) is 13.2 Å². The highest BCUT2D eigenvalue weighted by atomic mass is 32.2. The number of aryl methyl sites for hydroxylation is 1. The van der Waals surface area contributed by atoms with Crippen LogP contribution in [0.1, 0.15) is 11.4 Å². The van der Waals surface area contributed by atoms with Crippen LogP contribution in [-0.4, -0.2) is 25.3 Å². The summed E-state index contributed by atoms with van der Waals surface area (Å²) in [7, 11) is -4.05. The van der Waals surface area contributed by atoms with Crippen molar-refractivity contribution < 1.29 is 21.6 Å². The molecular weight excluding hydrogens is 337 g/mol. The van der Waals surface area contributed by atoms with E-state index in [-0.39, 0.29) is 5.69 Å². The number of aromatic nitrogens is 1. The first-order valence-corrected chi connectivity index (χ1v) is 8.78. The number of sulfonamides is 1. The summed E-state index contributed by atoms with van der Waals surface area (Å²) in [6.45, 7) is 1.85. The van der Waals surface area contributed by atoms with Gasteiger partial charge in [-0.05, 0) is 19.1 Å². The van der Waals surface area contributed by atoms with Gasteiger partial charge in [-0.25, -0.2) is 13.4 Å². The molecule has 0 aliphatic heterocycles. The molecule has 1 N–H and O–H groups in total. The molecule has 0 aliphatic carbocycles. The van der Waals surface area contributed by atoms with E-state index in [9.17, 15) is 21.6 Å². The number of benzene rings is 1. The number of thiazole rings is 1. The van der Waals surface area contributed by atoms with Crippen molar-refractivity contribution in [3.8, 4) is 11.3 Å². The van der Waals surface area contributed by atoms with E-state index in [2.05, 4.69) is 9.71 Å². The number of rotatable bonds is 5. The molecule has 2 aromatic rings. The summed E-state index contributed by atoms with van der Waals surface area (Å²) in [5.41, 5.74) is 1.60. The van der Waals surface area contributed by atoms with Crippen LogP contribution in [0, 0.1) is 6.92 Å². The Kier molecular flexibility index (Phi) is 4.76. The summed E-state index contributed by atoms with van der Waals surface area (Å²) >= 11 is 1.45. The Hall–Kier alpha value is -1.61. The Morgan fingerprint density at radius 3 is 2.64 bits per heavy atom. The van der Waals surface area contributed by atoms with Crippen molar-refractivity contribution in [3.63, 3.8) is 0 Å². The van der Waals surface area contributed by atoms with Gasteiger partial charge in [-0.3, -0.25) is 4.72 Å². The molecule has 9 heteroatoms. The summed E-state index contributed by atoms with van der Waals surface area (Å²) in [6, 6.07) is 6.39. The lowest BCUT2D eigenvalue weighted by Crippen LogP contribution is -2.21. The van der Waals surface area contributed by atoms with E-state index in [1.807, 2.05) is 12.3 Å². The molecule has 0 bridgehead atoms. The Bertz CT molecular complexity index is 755. The smallest absolute Gasteiger partial charge is 0.284 e. The molecule has 0 saturated heterocycles. The van der Waals surface area contributed by atoms with Gasteiger partial charge in [0.1, 0.15) is 0 Å². The Morgan fingerprint density at radius 1 is 1.32 bits per heavy atom. The maximum Gasteiger partial charge on any atom is 0.390 e. The molecule has 0 saturated carbocycles. The minimum Gasteiger partial charge on any atom is -0.284 e. The highest BCUT2D eigenvalue weighted by molar-refractivity contribution is 7.92. The Labute approximate surface area is 130 Å². The van der Waals surface area contributed by atoms with Crippen molar-refractivity contribution in [1.82, 2.24) is 4.98 Å². The van der Waals surface area contributed by atoms with Crippen LogP contribution < -0.4 is 4.72 Å². The van der Waals surface area contributed by atoms with E-state index in [0.717, 1.165) is 5.01 Å². The zero-order valence-corrected chi connectivity index (χ0v) is 13.1. The van der Waals surface area contributed by atoms with Gasteiger partial charge in [0.15, 0.2) is 0 Å². The maximum absolute atomic E-state index is 12.1. The van der Waals surface area contributed by atoms with Crippen molar-refractivity contribution in [2.45, 2.75) is 19.5 Å². The van der Waals surface area contributed by atoms with Crippen molar-refractivity contribution >= 4 is 27.0 Å². The fourth-order valence-corrected chi connectivity index (χ4v) is 3.43. The van der Waals surface area contributed by atoms with Gasteiger partial charge in [-0.15, -0.1) is 11.3 Å². The monoisotopic (exact) mass is 350 g/mol. The molecule has 1 aromatic heterocycles. The lowest BCUT2D eigenvalue weighted by atomic mass is 10.1. The van der Waals surface area contributed by atoms with Gasteiger partial charge < -0.3 is 0 Å². The normalized spacial score (nSPS) is 12.4. The molecule has 4 nitrogen and oxygen atoms in total. The predicted molar refractivity (Wildman–Crippen MR) is 80.4 cm³/mol. The third-order valence-corrected chi connectivity index (χ3v) is 4.77. The fourth-order valence-electron chi connectivity index (χ4n) is 1.72. The number of anilines is 1. The lowest BCUT2D eigenvalue weighted by molar-refractivity contribution is -0.129. The number of alkyl halides is 3. The largest absolute Gasteiger partial charge is 0.390 e. The molecule has 2 rings (SSSR count). The Balaban J connectivity index is 2.13. The second-order valence-electron chi connectivity index (χ2n) is 4.62. The minimum absolute atomic E-state index is 0.213. The first kappa shape index (κ1) is 16.8. The van der Waals surface area contributed by atoms with E-state index < -0.39 is 28.4 Å². The number of hydrogen-bond acceptors (Lipinski definition) is 4. The van der Waals surface area contributed by atoms with Crippen LogP contribution in [-0.2, 0) is 10.0 Å². The van der Waals surface area contributed by atoms with Crippen LogP contribution >= 0.6 is 11.3 Å². The van der Waals surface area contributed by atoms with Crippen molar-refractivity contribution in [2.75, 3.05) is 10.5 Å². The summed E-state index contributed by atoms with van der Waals surface area (Å²) in [4.78, 5) is 4.28. The lowest BCUT2D eigenvalue weighted by Gasteiger charge is -2.10. The molecule has 120 valence electrons. The van der Waals surface area contributed by atoms with Crippen molar-refractivity contribution in [1.29, 1.82) is 0 Å². The SMILES string of the molecule is Cc1nc(-c2cccc(NS(=O)(=O)CCC(F)(F)F)c2)cs1. The van der Waals surface area contributed by atoms with Crippen LogP contribution in [0.5, 0.6) is 0 Å². The summed E-state index contributed by atoms with van der Waals surface area (Å²) in [5, 5.41) is 2.69. The molecule has 1 heterocycles. The van der Waals surface area contributed by atoms with E-state index in [0.29, 0.717) is 11.3 Å². The number of hydrogen-bond donors (Lipinski definition) is 1. The van der Waals surface area contributed by atoms with E-state index in [1.54, 1.807) is 18.2 Å². The van der Waals surface area contributed by atoms with E-state index in [4.69, 9.17) is 0 Å². The van der Waals surface area contributed by atoms with E-state index >= 15 is 0 Å². The summed E-state index contributed by atoms with van der Waals surface area (Å²) in [5.74, 6) is -1.00. The maximum atomic E-state index is 12.1. The molecule has 0 aliphatic rings. The zero-order valence-electron chi connectivity index (χ0n) is 11.5. The van der Waals surface area contributed by atoms with Crippen LogP contribution in [0.25, 0.3) is 11.3 Å². The summed E-state index contributed by atoms with van der Waals surface area (Å²) < 4.78 is 61.8. The van der Waals surface area contributed by atoms with Crippen LogP contribution in [0.2, 0.25) is 0 Å². The molecule has 0 radical (unpaired) electrons. The quantitative estimate of drug-likeness (QED) is 0.892. The van der Waals surface area contributed by atoms with Gasteiger partial charge in [0.2, 0.25) is 10.0 Å². The van der Waals surface area contributed by atoms with Crippen LogP contribution in [0.15, 0.2) is 29.6 Å². The fraction of sp³-hybridized carbons (Fsp3) is 0.308. The average Bonchev–Trinajstić information content (AvgIpc) is 2.83. The third kappa shape index (κ3) is 4.99. The van der Waals surface area contributed by atoms with E-state index in [1.165, 1.54) is 17.4 Å². The van der Waals surface area contributed by atoms with Crippen molar-refractivity contribution in [3.05, 3.63) is 34.7 Å². The number of halogens is 3. The van der Waals surface area contributed by atoms with Crippen molar-refractivity contribution in [2.24, 2.45) is 0 Å². The molecular formula is C13H13F3N2O2S2. The molecule has 0 atom stereocenters. The van der Waals surface area contributed by atoms with Gasteiger partial charge in [0, 0.05) is 16.6 Å². The predicted octanol–water partition coefficient (Wildman–Crippen LogP) is 3.81. The minimum atomic E-state index is -4.51. The molecule has 22 heavy (non-hydrogen) atoms. The second-order valence-corrected chi connectivity index (χ2v) is 7.52. The first-order chi connectivity index (χ1) is 10.1. The molecule has 0 amide bonds. The summed E-state index contributed by atoms with van der Waals surface area (Å²) in [6.07, 6.45) is -5.89. The van der Waals surface area contributed by atoms with Crippen LogP contribution in [0.4, 0.5) is 18.9 Å². The second kappa shape index (κ2) is 6.25. The Morgan fingerprint density at radius 2 is 2.05 bits per heavy atom. The molecule has 0 fully saturated rings. The van der Waals surface area contributed by atoms with Gasteiger partial charge >= 0.3 is 6.18 Å². The molecule has 1 aromatic carbocycles. The van der Waals surface area contributed by atoms with Gasteiger partial charge in [0.25, 0.3) is 0 Å². The third-order valence-electron chi connectivity index (χ3n) is 2.70. The number of nitrogens with one attached hydrogen (secondary N) is 1. The highest BCUT2D eigenvalue weighted by Gasteiger charge is 2.29. The van der Waals surface area contributed by atoms with Gasteiger partial charge in [-0.1, -0.05) is 12.1 Å². The molecule has 0 unspecified atom stereocenters. The topological polar surface area (TPSA) is 59.1 Å². The average molecular weight is 350 g/mol. The van der Waals surface area contributed by atoms with Gasteiger partial charge in [0.05, 0.1) is 22.9 Å².